The molecular weight excluding hydrogens is 487 g/mol. The summed E-state index contributed by atoms with van der Waals surface area (Å²) in [6, 6.07) is 13.6. The summed E-state index contributed by atoms with van der Waals surface area (Å²) < 4.78 is 26.7. The summed E-state index contributed by atoms with van der Waals surface area (Å²) in [4.78, 5) is 13.9. The quantitative estimate of drug-likeness (QED) is 0.296. The van der Waals surface area contributed by atoms with Crippen molar-refractivity contribution in [3.8, 4) is 11.3 Å². The van der Waals surface area contributed by atoms with Gasteiger partial charge in [-0.15, -0.1) is 24.0 Å². The third-order valence-corrected chi connectivity index (χ3v) is 4.37. The van der Waals surface area contributed by atoms with Crippen molar-refractivity contribution in [3.05, 3.63) is 77.8 Å². The van der Waals surface area contributed by atoms with Gasteiger partial charge in [0, 0.05) is 26.7 Å². The van der Waals surface area contributed by atoms with Crippen molar-refractivity contribution in [2.45, 2.75) is 13.0 Å². The summed E-state index contributed by atoms with van der Waals surface area (Å²) in [6.45, 7) is 1.02. The number of hydrogen-bond acceptors (Lipinski definition) is 2. The van der Waals surface area contributed by atoms with E-state index in [0.717, 1.165) is 23.1 Å². The highest BCUT2D eigenvalue weighted by atomic mass is 127. The minimum Gasteiger partial charge on any atom is -0.356 e. The number of nitrogens with one attached hydrogen (secondary N) is 2. The Bertz CT molecular complexity index is 943. The molecule has 0 aliphatic heterocycles. The lowest BCUT2D eigenvalue weighted by Crippen LogP contribution is -2.39. The smallest absolute Gasteiger partial charge is 0.193 e. The van der Waals surface area contributed by atoms with E-state index < -0.39 is 11.6 Å². The molecule has 0 saturated carbocycles. The van der Waals surface area contributed by atoms with Gasteiger partial charge in [0.05, 0.1) is 18.4 Å². The summed E-state index contributed by atoms with van der Waals surface area (Å²) in [5, 5.41) is 3.19. The summed E-state index contributed by atoms with van der Waals surface area (Å²) in [5.41, 5.74) is 2.50. The van der Waals surface area contributed by atoms with E-state index in [9.17, 15) is 8.78 Å². The second kappa shape index (κ2) is 10.9. The Morgan fingerprint density at radius 2 is 1.93 bits per heavy atom. The number of guanidine groups is 1. The molecule has 3 rings (SSSR count). The van der Waals surface area contributed by atoms with Gasteiger partial charge in [0.2, 0.25) is 0 Å². The van der Waals surface area contributed by atoms with Gasteiger partial charge in [-0.05, 0) is 23.6 Å². The molecule has 0 aliphatic rings. The van der Waals surface area contributed by atoms with E-state index in [-0.39, 0.29) is 24.0 Å². The van der Waals surface area contributed by atoms with Crippen molar-refractivity contribution >= 4 is 29.9 Å². The maximum atomic E-state index is 13.7. The third kappa shape index (κ3) is 6.25. The molecule has 0 fully saturated rings. The number of aromatic nitrogens is 2. The Hall–Kier alpha value is -2.49. The maximum absolute atomic E-state index is 13.7. The van der Waals surface area contributed by atoms with E-state index in [2.05, 4.69) is 20.3 Å². The molecular formula is C21H24F2IN5. The summed E-state index contributed by atoms with van der Waals surface area (Å²) in [7, 11) is 3.59. The van der Waals surface area contributed by atoms with E-state index in [1.54, 1.807) is 7.05 Å². The minimum atomic E-state index is -0.571. The van der Waals surface area contributed by atoms with Crippen LogP contribution < -0.4 is 5.32 Å². The summed E-state index contributed by atoms with van der Waals surface area (Å²) in [6.07, 6.45) is 2.24. The fourth-order valence-electron chi connectivity index (χ4n) is 2.92. The number of rotatable bonds is 6. The summed E-state index contributed by atoms with van der Waals surface area (Å²) >= 11 is 0. The number of aliphatic imine (C=N–C) groups is 1. The highest BCUT2D eigenvalue weighted by Gasteiger charge is 2.10. The van der Waals surface area contributed by atoms with Crippen LogP contribution in [-0.4, -0.2) is 41.5 Å². The molecule has 0 saturated heterocycles. The Morgan fingerprint density at radius 3 is 2.62 bits per heavy atom. The molecule has 0 unspecified atom stereocenters. The van der Waals surface area contributed by atoms with Crippen LogP contribution in [-0.2, 0) is 13.0 Å². The van der Waals surface area contributed by atoms with Crippen molar-refractivity contribution in [2.75, 3.05) is 20.6 Å². The van der Waals surface area contributed by atoms with Crippen LogP contribution in [0, 0.1) is 11.6 Å². The molecule has 8 heteroatoms. The van der Waals surface area contributed by atoms with Gasteiger partial charge in [-0.3, -0.25) is 4.99 Å². The van der Waals surface area contributed by atoms with Gasteiger partial charge in [0.15, 0.2) is 5.96 Å². The second-order valence-corrected chi connectivity index (χ2v) is 6.43. The van der Waals surface area contributed by atoms with Crippen LogP contribution in [0.4, 0.5) is 8.78 Å². The summed E-state index contributed by atoms with van der Waals surface area (Å²) in [5.74, 6) is 0.376. The number of benzene rings is 2. The molecule has 154 valence electrons. The van der Waals surface area contributed by atoms with E-state index in [4.69, 9.17) is 0 Å². The van der Waals surface area contributed by atoms with Gasteiger partial charge < -0.3 is 15.2 Å². The van der Waals surface area contributed by atoms with Crippen LogP contribution in [0.3, 0.4) is 0 Å². The normalized spacial score (nSPS) is 11.1. The lowest BCUT2D eigenvalue weighted by Gasteiger charge is -2.21. The molecule has 0 bridgehead atoms. The van der Waals surface area contributed by atoms with Crippen molar-refractivity contribution in [2.24, 2.45) is 4.99 Å². The Labute approximate surface area is 186 Å². The standard InChI is InChI=1S/C21H23F2N5.HI/c1-24-21(25-11-10-15-8-9-17(22)12-18(15)23)28(2)14-20-26-13-19(27-20)16-6-4-3-5-7-16;/h3-9,12-13H,10-11,14H2,1-2H3,(H,24,25)(H,26,27);1H. The zero-order chi connectivity index (χ0) is 19.9. The first-order chi connectivity index (χ1) is 13.6. The molecule has 2 aromatic carbocycles. The molecule has 0 amide bonds. The first kappa shape index (κ1) is 22.8. The van der Waals surface area contributed by atoms with Gasteiger partial charge >= 0.3 is 0 Å². The lowest BCUT2D eigenvalue weighted by atomic mass is 10.1. The van der Waals surface area contributed by atoms with E-state index in [0.29, 0.717) is 31.0 Å². The van der Waals surface area contributed by atoms with E-state index >= 15 is 0 Å². The molecule has 29 heavy (non-hydrogen) atoms. The molecule has 1 heterocycles. The Kier molecular flexibility index (Phi) is 8.56. The average molecular weight is 511 g/mol. The van der Waals surface area contributed by atoms with Crippen molar-refractivity contribution in [1.82, 2.24) is 20.2 Å². The highest BCUT2D eigenvalue weighted by Crippen LogP contribution is 2.16. The first-order valence-corrected chi connectivity index (χ1v) is 9.02. The fourth-order valence-corrected chi connectivity index (χ4v) is 2.92. The SMILES string of the molecule is CN=C(NCCc1ccc(F)cc1F)N(C)Cc1ncc(-c2ccccc2)[nH]1.I. The topological polar surface area (TPSA) is 56.3 Å². The molecule has 3 aromatic rings. The van der Waals surface area contributed by atoms with Crippen molar-refractivity contribution in [1.29, 1.82) is 0 Å². The van der Waals surface area contributed by atoms with Crippen LogP contribution in [0.1, 0.15) is 11.4 Å². The minimum absolute atomic E-state index is 0. The maximum Gasteiger partial charge on any atom is 0.193 e. The predicted octanol–water partition coefficient (Wildman–Crippen LogP) is 4.22. The zero-order valence-electron chi connectivity index (χ0n) is 16.3. The first-order valence-electron chi connectivity index (χ1n) is 9.02. The molecule has 0 spiro atoms. The molecule has 0 radical (unpaired) electrons. The number of hydrogen-bond donors (Lipinski definition) is 2. The van der Waals surface area contributed by atoms with Crippen LogP contribution in [0.25, 0.3) is 11.3 Å². The Balaban J connectivity index is 0.00000300. The molecule has 5 nitrogen and oxygen atoms in total. The second-order valence-electron chi connectivity index (χ2n) is 6.43. The average Bonchev–Trinajstić information content (AvgIpc) is 3.16. The molecule has 1 aromatic heterocycles. The molecule has 0 aliphatic carbocycles. The number of aromatic amines is 1. The van der Waals surface area contributed by atoms with Gasteiger partial charge in [0.1, 0.15) is 17.5 Å². The fraction of sp³-hybridized carbons (Fsp3) is 0.238. The van der Waals surface area contributed by atoms with E-state index in [1.165, 1.54) is 12.1 Å². The largest absolute Gasteiger partial charge is 0.356 e. The lowest BCUT2D eigenvalue weighted by molar-refractivity contribution is 0.464. The van der Waals surface area contributed by atoms with Gasteiger partial charge in [-0.25, -0.2) is 13.8 Å². The molecule has 2 N–H and O–H groups in total. The van der Waals surface area contributed by atoms with Gasteiger partial charge in [0.25, 0.3) is 0 Å². The van der Waals surface area contributed by atoms with E-state index in [1.807, 2.05) is 48.5 Å². The van der Waals surface area contributed by atoms with Gasteiger partial charge in [-0.1, -0.05) is 36.4 Å². The van der Waals surface area contributed by atoms with Crippen LogP contribution in [0.15, 0.2) is 59.7 Å². The van der Waals surface area contributed by atoms with Crippen molar-refractivity contribution in [3.63, 3.8) is 0 Å². The van der Waals surface area contributed by atoms with Crippen LogP contribution in [0.2, 0.25) is 0 Å². The van der Waals surface area contributed by atoms with Gasteiger partial charge in [-0.2, -0.15) is 0 Å². The number of H-pyrrole nitrogens is 1. The van der Waals surface area contributed by atoms with Crippen LogP contribution >= 0.6 is 24.0 Å². The third-order valence-electron chi connectivity index (χ3n) is 4.37. The highest BCUT2D eigenvalue weighted by molar-refractivity contribution is 14.0. The zero-order valence-corrected chi connectivity index (χ0v) is 18.7. The molecule has 0 atom stereocenters. The van der Waals surface area contributed by atoms with Crippen molar-refractivity contribution < 1.29 is 8.78 Å². The Morgan fingerprint density at radius 1 is 1.17 bits per heavy atom. The predicted molar refractivity (Wildman–Crippen MR) is 122 cm³/mol. The monoisotopic (exact) mass is 511 g/mol. The number of imidazole rings is 1. The number of halogens is 3. The van der Waals surface area contributed by atoms with Crippen LogP contribution in [0.5, 0.6) is 0 Å². The number of nitrogens with zero attached hydrogens (tertiary/aromatic N) is 3.